The van der Waals surface area contributed by atoms with Gasteiger partial charge in [0.2, 0.25) is 0 Å². The maximum Gasteiger partial charge on any atom is 0.338 e. The molecule has 1 saturated heterocycles. The van der Waals surface area contributed by atoms with Crippen molar-refractivity contribution in [3.8, 4) is 5.75 Å². The molecule has 1 aliphatic heterocycles. The van der Waals surface area contributed by atoms with E-state index >= 15 is 0 Å². The van der Waals surface area contributed by atoms with Gasteiger partial charge >= 0.3 is 5.97 Å². The summed E-state index contributed by atoms with van der Waals surface area (Å²) in [5.74, 6) is -0.299. The van der Waals surface area contributed by atoms with Gasteiger partial charge in [-0.05, 0) is 74.9 Å². The molecule has 0 radical (unpaired) electrons. The molecule has 1 N–H and O–H groups in total. The van der Waals surface area contributed by atoms with Gasteiger partial charge in [0.25, 0.3) is 11.8 Å². The van der Waals surface area contributed by atoms with Gasteiger partial charge in [-0.15, -0.1) is 0 Å². The lowest BCUT2D eigenvalue weighted by Gasteiger charge is -2.38. The molecule has 34 heavy (non-hydrogen) atoms. The SMILES string of the molecule is CC(C)c1ccccc1NC(=O)COC(=O)c1ccc(OCC(=O)N2[C@H](C)CCC[C@@H]2C)cc1. The fourth-order valence-corrected chi connectivity index (χ4v) is 4.33. The highest BCUT2D eigenvalue weighted by Gasteiger charge is 2.29. The van der Waals surface area contributed by atoms with Crippen molar-refractivity contribution in [2.45, 2.75) is 65.0 Å². The summed E-state index contributed by atoms with van der Waals surface area (Å²) in [4.78, 5) is 39.1. The van der Waals surface area contributed by atoms with E-state index in [1.807, 2.05) is 43.0 Å². The quantitative estimate of drug-likeness (QED) is 0.566. The van der Waals surface area contributed by atoms with Crippen molar-refractivity contribution in [3.05, 3.63) is 59.7 Å². The molecule has 2 aromatic rings. The molecule has 0 bridgehead atoms. The van der Waals surface area contributed by atoms with Crippen LogP contribution in [-0.4, -0.2) is 48.0 Å². The Bertz CT molecular complexity index is 992. The van der Waals surface area contributed by atoms with Gasteiger partial charge in [0.05, 0.1) is 5.56 Å². The van der Waals surface area contributed by atoms with E-state index < -0.39 is 11.9 Å². The Kier molecular flexibility index (Phi) is 8.68. The smallest absolute Gasteiger partial charge is 0.338 e. The highest BCUT2D eigenvalue weighted by atomic mass is 16.5. The van der Waals surface area contributed by atoms with Crippen LogP contribution in [0, 0.1) is 0 Å². The monoisotopic (exact) mass is 466 g/mol. The van der Waals surface area contributed by atoms with E-state index in [1.165, 1.54) is 0 Å². The number of hydrogen-bond donors (Lipinski definition) is 1. The van der Waals surface area contributed by atoms with Gasteiger partial charge in [-0.1, -0.05) is 32.0 Å². The molecule has 0 spiro atoms. The summed E-state index contributed by atoms with van der Waals surface area (Å²) in [5.41, 5.74) is 2.02. The van der Waals surface area contributed by atoms with Gasteiger partial charge in [0, 0.05) is 17.8 Å². The zero-order chi connectivity index (χ0) is 24.7. The van der Waals surface area contributed by atoms with E-state index in [1.54, 1.807) is 24.3 Å². The average molecular weight is 467 g/mol. The van der Waals surface area contributed by atoms with E-state index in [-0.39, 0.29) is 37.1 Å². The molecular formula is C27H34N2O5. The van der Waals surface area contributed by atoms with Crippen LogP contribution in [0.2, 0.25) is 0 Å². The highest BCUT2D eigenvalue weighted by molar-refractivity contribution is 5.96. The van der Waals surface area contributed by atoms with Crippen LogP contribution in [0.25, 0.3) is 0 Å². The summed E-state index contributed by atoms with van der Waals surface area (Å²) in [6.45, 7) is 7.79. The molecule has 1 heterocycles. The average Bonchev–Trinajstić information content (AvgIpc) is 2.81. The van der Waals surface area contributed by atoms with Gasteiger partial charge in [0.15, 0.2) is 13.2 Å². The number of hydrogen-bond acceptors (Lipinski definition) is 5. The number of carbonyl (C=O) groups is 3. The third-order valence-electron chi connectivity index (χ3n) is 6.13. The third kappa shape index (κ3) is 6.59. The van der Waals surface area contributed by atoms with Gasteiger partial charge in [-0.25, -0.2) is 4.79 Å². The Morgan fingerprint density at radius 3 is 2.26 bits per heavy atom. The lowest BCUT2D eigenvalue weighted by atomic mass is 9.97. The first-order valence-corrected chi connectivity index (χ1v) is 11.9. The first kappa shape index (κ1) is 25.3. The number of esters is 1. The Morgan fingerprint density at radius 2 is 1.62 bits per heavy atom. The van der Waals surface area contributed by atoms with Gasteiger partial charge in [-0.3, -0.25) is 9.59 Å². The second-order valence-electron chi connectivity index (χ2n) is 9.11. The van der Waals surface area contributed by atoms with Crippen molar-refractivity contribution in [2.75, 3.05) is 18.5 Å². The summed E-state index contributed by atoms with van der Waals surface area (Å²) in [5, 5.41) is 2.80. The molecule has 3 rings (SSSR count). The molecule has 2 atom stereocenters. The van der Waals surface area contributed by atoms with E-state index in [0.29, 0.717) is 17.0 Å². The fraction of sp³-hybridized carbons (Fsp3) is 0.444. The normalized spacial score (nSPS) is 17.9. The second-order valence-corrected chi connectivity index (χ2v) is 9.11. The summed E-state index contributed by atoms with van der Waals surface area (Å²) < 4.78 is 10.8. The molecule has 2 aromatic carbocycles. The number of likely N-dealkylation sites (tertiary alicyclic amines) is 1. The number of benzene rings is 2. The molecule has 7 nitrogen and oxygen atoms in total. The molecule has 0 aromatic heterocycles. The molecule has 0 aliphatic carbocycles. The van der Waals surface area contributed by atoms with E-state index in [0.717, 1.165) is 24.8 Å². The number of amides is 2. The molecule has 0 unspecified atom stereocenters. The zero-order valence-electron chi connectivity index (χ0n) is 20.4. The van der Waals surface area contributed by atoms with Crippen molar-refractivity contribution in [1.29, 1.82) is 0 Å². The van der Waals surface area contributed by atoms with Gasteiger partial charge in [0.1, 0.15) is 5.75 Å². The van der Waals surface area contributed by atoms with Crippen LogP contribution in [-0.2, 0) is 14.3 Å². The fourth-order valence-electron chi connectivity index (χ4n) is 4.33. The Morgan fingerprint density at radius 1 is 0.971 bits per heavy atom. The molecular weight excluding hydrogens is 432 g/mol. The standard InChI is InChI=1S/C27H34N2O5/c1-18(2)23-10-5-6-11-24(23)28-25(30)16-34-27(32)21-12-14-22(15-13-21)33-17-26(31)29-19(3)8-7-9-20(29)4/h5-6,10-15,18-20H,7-9,16-17H2,1-4H3,(H,28,30)/t19-,20+. The molecule has 1 fully saturated rings. The zero-order valence-corrected chi connectivity index (χ0v) is 20.4. The minimum atomic E-state index is -0.606. The summed E-state index contributed by atoms with van der Waals surface area (Å²) in [7, 11) is 0. The second kappa shape index (κ2) is 11.7. The third-order valence-corrected chi connectivity index (χ3v) is 6.13. The Labute approximate surface area is 201 Å². The van der Waals surface area contributed by atoms with Gasteiger partial charge in [-0.2, -0.15) is 0 Å². The van der Waals surface area contributed by atoms with Crippen molar-refractivity contribution < 1.29 is 23.9 Å². The van der Waals surface area contributed by atoms with E-state index in [4.69, 9.17) is 9.47 Å². The summed E-state index contributed by atoms with van der Waals surface area (Å²) in [6.07, 6.45) is 3.15. The molecule has 0 saturated carbocycles. The van der Waals surface area contributed by atoms with Crippen LogP contribution < -0.4 is 10.1 Å². The molecule has 182 valence electrons. The maximum atomic E-state index is 12.6. The number of nitrogens with zero attached hydrogens (tertiary/aromatic N) is 1. The van der Waals surface area contributed by atoms with Crippen LogP contribution in [0.3, 0.4) is 0 Å². The van der Waals surface area contributed by atoms with Crippen LogP contribution in [0.15, 0.2) is 48.5 Å². The lowest BCUT2D eigenvalue weighted by molar-refractivity contribution is -0.139. The van der Waals surface area contributed by atoms with Crippen molar-refractivity contribution in [2.24, 2.45) is 0 Å². The minimum absolute atomic E-state index is 0.0340. The molecule has 2 amide bonds. The predicted molar refractivity (Wildman–Crippen MR) is 131 cm³/mol. The van der Waals surface area contributed by atoms with E-state index in [2.05, 4.69) is 19.2 Å². The summed E-state index contributed by atoms with van der Waals surface area (Å²) >= 11 is 0. The van der Waals surface area contributed by atoms with Crippen LogP contribution >= 0.6 is 0 Å². The Balaban J connectivity index is 1.47. The van der Waals surface area contributed by atoms with Crippen molar-refractivity contribution >= 4 is 23.5 Å². The van der Waals surface area contributed by atoms with Gasteiger partial charge < -0.3 is 19.7 Å². The Hall–Kier alpha value is -3.35. The first-order valence-electron chi connectivity index (χ1n) is 11.9. The van der Waals surface area contributed by atoms with Crippen LogP contribution in [0.5, 0.6) is 5.75 Å². The number of anilines is 1. The summed E-state index contributed by atoms with van der Waals surface area (Å²) in [6, 6.07) is 14.3. The predicted octanol–water partition coefficient (Wildman–Crippen LogP) is 4.77. The van der Waals surface area contributed by atoms with Crippen LogP contribution in [0.4, 0.5) is 5.69 Å². The lowest BCUT2D eigenvalue weighted by Crippen LogP contribution is -2.49. The number of nitrogens with one attached hydrogen (secondary N) is 1. The molecule has 1 aliphatic rings. The molecule has 7 heteroatoms. The number of piperidine rings is 1. The van der Waals surface area contributed by atoms with Crippen molar-refractivity contribution in [3.63, 3.8) is 0 Å². The minimum Gasteiger partial charge on any atom is -0.484 e. The first-order chi connectivity index (χ1) is 16.3. The largest absolute Gasteiger partial charge is 0.484 e. The van der Waals surface area contributed by atoms with Crippen molar-refractivity contribution in [1.82, 2.24) is 4.90 Å². The number of ether oxygens (including phenoxy) is 2. The number of rotatable bonds is 8. The topological polar surface area (TPSA) is 84.9 Å². The maximum absolute atomic E-state index is 12.6. The van der Waals surface area contributed by atoms with E-state index in [9.17, 15) is 14.4 Å². The van der Waals surface area contributed by atoms with Crippen LogP contribution in [0.1, 0.15) is 68.8 Å². The number of carbonyl (C=O) groups excluding carboxylic acids is 3. The number of para-hydroxylation sites is 1. The highest BCUT2D eigenvalue weighted by Crippen LogP contribution is 2.24.